The van der Waals surface area contributed by atoms with Crippen LogP contribution in [0.5, 0.6) is 11.5 Å². The van der Waals surface area contributed by atoms with Gasteiger partial charge >= 0.3 is 0 Å². The van der Waals surface area contributed by atoms with Crippen molar-refractivity contribution in [2.45, 2.75) is 39.5 Å². The first-order valence-corrected chi connectivity index (χ1v) is 6.16. The molecule has 0 aromatic heterocycles. The summed E-state index contributed by atoms with van der Waals surface area (Å²) in [5.74, 6) is 1.32. The average Bonchev–Trinajstić information content (AvgIpc) is 2.29. The van der Waals surface area contributed by atoms with Gasteiger partial charge in [-0.25, -0.2) is 0 Å². The molecule has 16 heavy (non-hydrogen) atoms. The molecule has 0 heterocycles. The van der Waals surface area contributed by atoms with Crippen molar-refractivity contribution in [2.24, 2.45) is 5.92 Å². The second-order valence-corrected chi connectivity index (χ2v) is 4.20. The van der Waals surface area contributed by atoms with Gasteiger partial charge in [-0.3, -0.25) is 5.11 Å². The van der Waals surface area contributed by atoms with Crippen molar-refractivity contribution in [1.29, 1.82) is 0 Å². The summed E-state index contributed by atoms with van der Waals surface area (Å²) < 4.78 is 5.64. The third-order valence-corrected chi connectivity index (χ3v) is 2.83. The van der Waals surface area contributed by atoms with E-state index in [2.05, 4.69) is 13.8 Å². The van der Waals surface area contributed by atoms with E-state index in [9.17, 15) is 5.11 Å². The lowest BCUT2D eigenvalue weighted by atomic mass is 10.0. The van der Waals surface area contributed by atoms with E-state index >= 15 is 0 Å². The molecule has 0 saturated heterocycles. The highest BCUT2D eigenvalue weighted by atomic mass is 16.5. The van der Waals surface area contributed by atoms with Crippen LogP contribution in [0.4, 0.5) is 0 Å². The maximum absolute atomic E-state index is 11.1. The minimum absolute atomic E-state index is 0.0131. The Labute approximate surface area is 98.3 Å². The van der Waals surface area contributed by atoms with E-state index in [4.69, 9.17) is 4.74 Å². The quantitative estimate of drug-likeness (QED) is 0.669. The highest BCUT2D eigenvalue weighted by Gasteiger charge is 2.07. The van der Waals surface area contributed by atoms with Crippen molar-refractivity contribution in [1.82, 2.24) is 0 Å². The van der Waals surface area contributed by atoms with Crippen LogP contribution in [0.2, 0.25) is 0 Å². The SMILES string of the molecule is CCCCC(CC)COc1cccc([O])c1. The third kappa shape index (κ3) is 4.56. The molecule has 0 saturated carbocycles. The van der Waals surface area contributed by atoms with Crippen molar-refractivity contribution >= 4 is 0 Å². The maximum atomic E-state index is 11.1. The Hall–Kier alpha value is -1.18. The molecule has 0 aliphatic heterocycles. The number of rotatable bonds is 7. The molecule has 0 aliphatic carbocycles. The largest absolute Gasteiger partial charge is 0.493 e. The van der Waals surface area contributed by atoms with Gasteiger partial charge in [0.1, 0.15) is 5.75 Å². The number of benzene rings is 1. The van der Waals surface area contributed by atoms with Gasteiger partial charge in [0.05, 0.1) is 6.61 Å². The van der Waals surface area contributed by atoms with E-state index < -0.39 is 0 Å². The molecule has 89 valence electrons. The zero-order valence-corrected chi connectivity index (χ0v) is 10.2. The lowest BCUT2D eigenvalue weighted by Gasteiger charge is -2.15. The summed E-state index contributed by atoms with van der Waals surface area (Å²) in [4.78, 5) is 0. The Kier molecular flexibility index (Phi) is 5.76. The van der Waals surface area contributed by atoms with Crippen molar-refractivity contribution < 1.29 is 9.84 Å². The summed E-state index contributed by atoms with van der Waals surface area (Å²) in [5.41, 5.74) is 0. The summed E-state index contributed by atoms with van der Waals surface area (Å²) in [7, 11) is 0. The van der Waals surface area contributed by atoms with Crippen LogP contribution in [-0.2, 0) is 5.11 Å². The summed E-state index contributed by atoms with van der Waals surface area (Å²) in [6.07, 6.45) is 4.83. The number of unbranched alkanes of at least 4 members (excludes halogenated alkanes) is 1. The molecule has 1 radical (unpaired) electrons. The number of ether oxygens (including phenoxy) is 1. The van der Waals surface area contributed by atoms with Crippen LogP contribution in [0.25, 0.3) is 0 Å². The Morgan fingerprint density at radius 1 is 1.31 bits per heavy atom. The maximum Gasteiger partial charge on any atom is 0.182 e. The molecule has 0 bridgehead atoms. The molecular weight excluding hydrogens is 200 g/mol. The molecule has 0 fully saturated rings. The first kappa shape index (κ1) is 12.9. The zero-order chi connectivity index (χ0) is 11.8. The van der Waals surface area contributed by atoms with E-state index in [0.717, 1.165) is 13.0 Å². The van der Waals surface area contributed by atoms with Crippen LogP contribution < -0.4 is 4.74 Å². The minimum atomic E-state index is 0.0131. The van der Waals surface area contributed by atoms with Crippen LogP contribution in [0.1, 0.15) is 39.5 Å². The fourth-order valence-electron chi connectivity index (χ4n) is 1.68. The number of hydrogen-bond acceptors (Lipinski definition) is 1. The van der Waals surface area contributed by atoms with E-state index in [1.165, 1.54) is 19.3 Å². The van der Waals surface area contributed by atoms with Crippen LogP contribution in [0, 0.1) is 5.92 Å². The standard InChI is InChI=1S/C14H21O2/c1-3-5-7-12(4-2)11-16-14-9-6-8-13(15)10-14/h6,8-10,12H,3-5,7,11H2,1-2H3. The lowest BCUT2D eigenvalue weighted by Crippen LogP contribution is -2.11. The smallest absolute Gasteiger partial charge is 0.182 e. The molecule has 1 rings (SSSR count). The topological polar surface area (TPSA) is 29.1 Å². The Balaban J connectivity index is 2.37. The van der Waals surface area contributed by atoms with Crippen LogP contribution in [-0.4, -0.2) is 6.61 Å². The Morgan fingerprint density at radius 3 is 2.75 bits per heavy atom. The Morgan fingerprint density at radius 2 is 2.12 bits per heavy atom. The fraction of sp³-hybridized carbons (Fsp3) is 0.571. The van der Waals surface area contributed by atoms with Gasteiger partial charge in [0, 0.05) is 6.07 Å². The fourth-order valence-corrected chi connectivity index (χ4v) is 1.68. The molecule has 0 spiro atoms. The summed E-state index contributed by atoms with van der Waals surface area (Å²) in [6, 6.07) is 6.67. The Bertz CT molecular complexity index is 297. The average molecular weight is 221 g/mol. The lowest BCUT2D eigenvalue weighted by molar-refractivity contribution is 0.232. The first-order valence-electron chi connectivity index (χ1n) is 6.16. The number of hydrogen-bond donors (Lipinski definition) is 0. The summed E-state index contributed by atoms with van der Waals surface area (Å²) in [5, 5.41) is 11.1. The van der Waals surface area contributed by atoms with Crippen molar-refractivity contribution in [3.05, 3.63) is 24.3 Å². The van der Waals surface area contributed by atoms with Crippen molar-refractivity contribution in [2.75, 3.05) is 6.61 Å². The molecule has 1 aromatic rings. The summed E-state index contributed by atoms with van der Waals surface area (Å²) in [6.45, 7) is 5.11. The van der Waals surface area contributed by atoms with Gasteiger partial charge in [-0.05, 0) is 24.5 Å². The molecule has 0 aliphatic rings. The van der Waals surface area contributed by atoms with Crippen molar-refractivity contribution in [3.8, 4) is 11.5 Å². The van der Waals surface area contributed by atoms with E-state index in [-0.39, 0.29) is 5.75 Å². The summed E-state index contributed by atoms with van der Waals surface area (Å²) >= 11 is 0. The van der Waals surface area contributed by atoms with E-state index in [0.29, 0.717) is 11.7 Å². The van der Waals surface area contributed by atoms with Gasteiger partial charge in [-0.2, -0.15) is 0 Å². The monoisotopic (exact) mass is 221 g/mol. The van der Waals surface area contributed by atoms with Crippen molar-refractivity contribution in [3.63, 3.8) is 0 Å². The third-order valence-electron chi connectivity index (χ3n) is 2.83. The predicted octanol–water partition coefficient (Wildman–Crippen LogP) is 4.43. The molecular formula is C14H21O2. The van der Waals surface area contributed by atoms with Gasteiger partial charge in [-0.1, -0.05) is 39.2 Å². The van der Waals surface area contributed by atoms with Gasteiger partial charge in [0.2, 0.25) is 0 Å². The van der Waals surface area contributed by atoms with Crippen LogP contribution >= 0.6 is 0 Å². The van der Waals surface area contributed by atoms with Gasteiger partial charge in [-0.15, -0.1) is 0 Å². The zero-order valence-electron chi connectivity index (χ0n) is 10.2. The van der Waals surface area contributed by atoms with Gasteiger partial charge in [0.15, 0.2) is 5.75 Å². The molecule has 2 heteroatoms. The molecule has 1 unspecified atom stereocenters. The van der Waals surface area contributed by atoms with E-state index in [1.807, 2.05) is 6.07 Å². The van der Waals surface area contributed by atoms with E-state index in [1.54, 1.807) is 18.2 Å². The first-order chi connectivity index (χ1) is 7.76. The van der Waals surface area contributed by atoms with Crippen LogP contribution in [0.15, 0.2) is 24.3 Å². The molecule has 2 nitrogen and oxygen atoms in total. The minimum Gasteiger partial charge on any atom is -0.493 e. The molecule has 1 atom stereocenters. The second kappa shape index (κ2) is 7.15. The van der Waals surface area contributed by atoms with Crippen LogP contribution in [0.3, 0.4) is 0 Å². The molecule has 0 N–H and O–H groups in total. The predicted molar refractivity (Wildman–Crippen MR) is 65.4 cm³/mol. The molecule has 1 aromatic carbocycles. The van der Waals surface area contributed by atoms with Gasteiger partial charge in [0.25, 0.3) is 0 Å². The highest BCUT2D eigenvalue weighted by molar-refractivity contribution is 5.31. The molecule has 0 amide bonds. The van der Waals surface area contributed by atoms with Gasteiger partial charge < -0.3 is 4.74 Å². The highest BCUT2D eigenvalue weighted by Crippen LogP contribution is 2.20. The normalized spacial score (nSPS) is 12.4. The second-order valence-electron chi connectivity index (χ2n) is 4.20.